The molecule has 0 saturated heterocycles. The first-order chi connectivity index (χ1) is 11.0. The second-order valence-corrected chi connectivity index (χ2v) is 7.22. The average Bonchev–Trinajstić information content (AvgIpc) is 2.91. The summed E-state index contributed by atoms with van der Waals surface area (Å²) in [5, 5.41) is 3.07. The molecule has 1 unspecified atom stereocenters. The second-order valence-electron chi connectivity index (χ2n) is 6.37. The van der Waals surface area contributed by atoms with Crippen LogP contribution in [0.3, 0.4) is 0 Å². The minimum atomic E-state index is -0.106. The largest absolute Gasteiger partial charge is 0.486 e. The van der Waals surface area contributed by atoms with Crippen LogP contribution in [-0.4, -0.2) is 25.2 Å². The van der Waals surface area contributed by atoms with E-state index in [1.807, 2.05) is 19.1 Å². The van der Waals surface area contributed by atoms with E-state index in [4.69, 9.17) is 15.2 Å². The molecule has 1 saturated carbocycles. The molecule has 1 aliphatic carbocycles. The number of rotatable bonds is 4. The number of carbonyl (C=O) groups excluding carboxylic acids is 1. The van der Waals surface area contributed by atoms with E-state index in [0.717, 1.165) is 40.8 Å². The monoisotopic (exact) mass is 382 g/mol. The molecular formula is C17H23BrN2O3. The molecule has 3 atom stereocenters. The van der Waals surface area contributed by atoms with Crippen molar-refractivity contribution in [2.45, 2.75) is 44.7 Å². The van der Waals surface area contributed by atoms with Crippen molar-refractivity contribution in [1.82, 2.24) is 5.32 Å². The Hall–Kier alpha value is -1.27. The maximum atomic E-state index is 12.3. The molecule has 0 aromatic heterocycles. The van der Waals surface area contributed by atoms with Crippen LogP contribution in [0.2, 0.25) is 0 Å². The minimum Gasteiger partial charge on any atom is -0.486 e. The number of hydrogen-bond acceptors (Lipinski definition) is 4. The normalized spacial score (nSPS) is 24.3. The van der Waals surface area contributed by atoms with Gasteiger partial charge in [-0.15, -0.1) is 0 Å². The van der Waals surface area contributed by atoms with Crippen LogP contribution in [0.1, 0.15) is 44.2 Å². The highest BCUT2D eigenvalue weighted by atomic mass is 79.9. The molecule has 1 aromatic carbocycles. The average molecular weight is 383 g/mol. The molecule has 0 radical (unpaired) electrons. The first-order valence-corrected chi connectivity index (χ1v) is 8.98. The van der Waals surface area contributed by atoms with Crippen LogP contribution in [0, 0.1) is 5.92 Å². The standard InChI is InChI=1S/C17H23BrN2O3/c1-10(20-17(21)7-11-3-2-4-14(11)19)12-8-15-16(9-13(12)18)23-6-5-22-15/h8-11,14H,2-7,19H2,1H3,(H,20,21)/t10?,11-,14+/m0/s1. The van der Waals surface area contributed by atoms with Crippen LogP contribution in [0.5, 0.6) is 11.5 Å². The molecule has 1 aromatic rings. The van der Waals surface area contributed by atoms with E-state index in [0.29, 0.717) is 25.6 Å². The zero-order valence-electron chi connectivity index (χ0n) is 13.3. The van der Waals surface area contributed by atoms with Gasteiger partial charge >= 0.3 is 0 Å². The first-order valence-electron chi connectivity index (χ1n) is 8.18. The zero-order valence-corrected chi connectivity index (χ0v) is 14.9. The van der Waals surface area contributed by atoms with Gasteiger partial charge in [0, 0.05) is 16.9 Å². The highest BCUT2D eigenvalue weighted by molar-refractivity contribution is 9.10. The summed E-state index contributed by atoms with van der Waals surface area (Å²) in [6.45, 7) is 3.09. The van der Waals surface area contributed by atoms with Gasteiger partial charge in [0.05, 0.1) is 6.04 Å². The Labute approximate surface area is 145 Å². The van der Waals surface area contributed by atoms with E-state index in [-0.39, 0.29) is 18.0 Å². The van der Waals surface area contributed by atoms with Crippen LogP contribution in [-0.2, 0) is 4.79 Å². The van der Waals surface area contributed by atoms with Crippen molar-refractivity contribution < 1.29 is 14.3 Å². The third kappa shape index (κ3) is 3.80. The zero-order chi connectivity index (χ0) is 16.4. The van der Waals surface area contributed by atoms with Crippen molar-refractivity contribution in [3.8, 4) is 11.5 Å². The SMILES string of the molecule is CC(NC(=O)C[C@@H]1CCC[C@H]1N)c1cc2c(cc1Br)OCCO2. The summed E-state index contributed by atoms with van der Waals surface area (Å²) >= 11 is 3.56. The Morgan fingerprint density at radius 2 is 2.04 bits per heavy atom. The van der Waals surface area contributed by atoms with E-state index in [1.54, 1.807) is 0 Å². The van der Waals surface area contributed by atoms with E-state index >= 15 is 0 Å². The summed E-state index contributed by atoms with van der Waals surface area (Å²) in [6, 6.07) is 3.90. The van der Waals surface area contributed by atoms with Gasteiger partial charge in [-0.25, -0.2) is 0 Å². The number of carbonyl (C=O) groups is 1. The van der Waals surface area contributed by atoms with Gasteiger partial charge in [0.2, 0.25) is 5.91 Å². The number of halogens is 1. The summed E-state index contributed by atoms with van der Waals surface area (Å²) in [5.41, 5.74) is 7.04. The van der Waals surface area contributed by atoms with Crippen molar-refractivity contribution in [1.29, 1.82) is 0 Å². The molecule has 1 heterocycles. The number of benzene rings is 1. The van der Waals surface area contributed by atoms with E-state index in [1.165, 1.54) is 0 Å². The molecule has 126 valence electrons. The quantitative estimate of drug-likeness (QED) is 0.839. The Balaban J connectivity index is 1.65. The Bertz CT molecular complexity index is 593. The molecule has 1 amide bonds. The molecular weight excluding hydrogens is 360 g/mol. The van der Waals surface area contributed by atoms with Crippen LogP contribution in [0.25, 0.3) is 0 Å². The molecule has 23 heavy (non-hydrogen) atoms. The molecule has 0 bridgehead atoms. The molecule has 5 nitrogen and oxygen atoms in total. The maximum Gasteiger partial charge on any atom is 0.220 e. The maximum absolute atomic E-state index is 12.3. The highest BCUT2D eigenvalue weighted by Crippen LogP contribution is 2.38. The molecule has 3 rings (SSSR count). The lowest BCUT2D eigenvalue weighted by Crippen LogP contribution is -2.33. The molecule has 1 aliphatic heterocycles. The van der Waals surface area contributed by atoms with Crippen molar-refractivity contribution >= 4 is 21.8 Å². The molecule has 6 heteroatoms. The van der Waals surface area contributed by atoms with Gasteiger partial charge in [-0.2, -0.15) is 0 Å². The lowest BCUT2D eigenvalue weighted by molar-refractivity contribution is -0.122. The van der Waals surface area contributed by atoms with Gasteiger partial charge < -0.3 is 20.5 Å². The molecule has 2 aliphatic rings. The lowest BCUT2D eigenvalue weighted by Gasteiger charge is -2.23. The summed E-state index contributed by atoms with van der Waals surface area (Å²) < 4.78 is 12.1. The smallest absolute Gasteiger partial charge is 0.220 e. The topological polar surface area (TPSA) is 73.6 Å². The van der Waals surface area contributed by atoms with Crippen LogP contribution >= 0.6 is 15.9 Å². The van der Waals surface area contributed by atoms with Gasteiger partial charge in [-0.3, -0.25) is 4.79 Å². The minimum absolute atomic E-state index is 0.0571. The number of ether oxygens (including phenoxy) is 2. The number of amides is 1. The lowest BCUT2D eigenvalue weighted by atomic mass is 9.99. The Morgan fingerprint density at radius 1 is 1.35 bits per heavy atom. The molecule has 0 spiro atoms. The van der Waals surface area contributed by atoms with E-state index in [9.17, 15) is 4.79 Å². The molecule has 3 N–H and O–H groups in total. The number of hydrogen-bond donors (Lipinski definition) is 2. The Kier molecular flexibility index (Phi) is 5.11. The van der Waals surface area contributed by atoms with Gasteiger partial charge in [0.1, 0.15) is 13.2 Å². The fourth-order valence-corrected chi connectivity index (χ4v) is 4.01. The summed E-state index contributed by atoms with van der Waals surface area (Å²) in [7, 11) is 0. The number of fused-ring (bicyclic) bond motifs is 1. The van der Waals surface area contributed by atoms with Gasteiger partial charge in [0.15, 0.2) is 11.5 Å². The van der Waals surface area contributed by atoms with Crippen LogP contribution < -0.4 is 20.5 Å². The third-order valence-electron chi connectivity index (χ3n) is 4.67. The summed E-state index contributed by atoms with van der Waals surface area (Å²) in [5.74, 6) is 1.84. The number of nitrogens with two attached hydrogens (primary N) is 1. The highest BCUT2D eigenvalue weighted by Gasteiger charge is 2.27. The first kappa shape index (κ1) is 16.6. The summed E-state index contributed by atoms with van der Waals surface area (Å²) in [6.07, 6.45) is 3.72. The van der Waals surface area contributed by atoms with E-state index in [2.05, 4.69) is 21.2 Å². The second kappa shape index (κ2) is 7.09. The van der Waals surface area contributed by atoms with Crippen molar-refractivity contribution in [2.24, 2.45) is 11.7 Å². The van der Waals surface area contributed by atoms with Gasteiger partial charge in [-0.05, 0) is 43.4 Å². The predicted octanol–water partition coefficient (Wildman–Crippen LogP) is 2.92. The van der Waals surface area contributed by atoms with Crippen LogP contribution in [0.4, 0.5) is 0 Å². The van der Waals surface area contributed by atoms with Crippen molar-refractivity contribution in [3.63, 3.8) is 0 Å². The molecule has 1 fully saturated rings. The Morgan fingerprint density at radius 3 is 2.70 bits per heavy atom. The van der Waals surface area contributed by atoms with E-state index < -0.39 is 0 Å². The van der Waals surface area contributed by atoms with Crippen LogP contribution in [0.15, 0.2) is 16.6 Å². The van der Waals surface area contributed by atoms with Crippen molar-refractivity contribution in [3.05, 3.63) is 22.2 Å². The van der Waals surface area contributed by atoms with Crippen molar-refractivity contribution in [2.75, 3.05) is 13.2 Å². The fraction of sp³-hybridized carbons (Fsp3) is 0.588. The van der Waals surface area contributed by atoms with Gasteiger partial charge in [0.25, 0.3) is 0 Å². The fourth-order valence-electron chi connectivity index (χ4n) is 3.35. The van der Waals surface area contributed by atoms with Gasteiger partial charge in [-0.1, -0.05) is 22.4 Å². The number of nitrogens with one attached hydrogen (secondary N) is 1. The third-order valence-corrected chi connectivity index (χ3v) is 5.36. The summed E-state index contributed by atoms with van der Waals surface area (Å²) in [4.78, 5) is 12.3. The predicted molar refractivity (Wildman–Crippen MR) is 91.6 cm³/mol.